The van der Waals surface area contributed by atoms with Crippen molar-refractivity contribution in [2.45, 2.75) is 25.9 Å². The van der Waals surface area contributed by atoms with Crippen molar-refractivity contribution < 1.29 is 9.53 Å². The highest BCUT2D eigenvalue weighted by Crippen LogP contribution is 2.22. The molecular weight excluding hydrogens is 142 g/mol. The van der Waals surface area contributed by atoms with Gasteiger partial charge in [-0.1, -0.05) is 6.92 Å². The number of nitrogens with one attached hydrogen (secondary N) is 1. The third-order valence-electron chi connectivity index (χ3n) is 2.20. The molecule has 1 aliphatic heterocycles. The molecule has 64 valence electrons. The van der Waals surface area contributed by atoms with Crippen molar-refractivity contribution in [2.24, 2.45) is 5.92 Å². The summed E-state index contributed by atoms with van der Waals surface area (Å²) in [5, 5.41) is 2.65. The van der Waals surface area contributed by atoms with Crippen molar-refractivity contribution in [3.05, 3.63) is 0 Å². The topological polar surface area (TPSA) is 38.3 Å². The predicted molar refractivity (Wildman–Crippen MR) is 42.2 cm³/mol. The minimum atomic E-state index is 0.0880. The molecule has 0 bridgehead atoms. The molecule has 2 unspecified atom stereocenters. The molecule has 0 aromatic carbocycles. The highest BCUT2D eigenvalue weighted by Gasteiger charge is 2.31. The average molecular weight is 157 g/mol. The van der Waals surface area contributed by atoms with Crippen LogP contribution in [-0.2, 0) is 9.53 Å². The number of ether oxygens (including phenoxy) is 1. The van der Waals surface area contributed by atoms with Crippen molar-refractivity contribution in [1.29, 1.82) is 0 Å². The van der Waals surface area contributed by atoms with Crippen LogP contribution in [0.15, 0.2) is 0 Å². The molecular formula is C8H15NO2. The Bertz CT molecular complexity index is 147. The fourth-order valence-corrected chi connectivity index (χ4v) is 1.54. The smallest absolute Gasteiger partial charge is 0.225 e. The Morgan fingerprint density at radius 1 is 1.73 bits per heavy atom. The molecule has 3 nitrogen and oxygen atoms in total. The maximum absolute atomic E-state index is 11.2. The minimum Gasteiger partial charge on any atom is -0.377 e. The lowest BCUT2D eigenvalue weighted by Crippen LogP contribution is -2.32. The highest BCUT2D eigenvalue weighted by molar-refractivity contribution is 5.79. The van der Waals surface area contributed by atoms with Gasteiger partial charge in [0.2, 0.25) is 5.91 Å². The first-order chi connectivity index (χ1) is 5.29. The van der Waals surface area contributed by atoms with E-state index in [1.54, 1.807) is 7.05 Å². The molecule has 0 radical (unpaired) electrons. The highest BCUT2D eigenvalue weighted by atomic mass is 16.5. The maximum Gasteiger partial charge on any atom is 0.225 e. The number of carbonyl (C=O) groups excluding carboxylic acids is 1. The first kappa shape index (κ1) is 8.53. The molecule has 3 heteroatoms. The fraction of sp³-hybridized carbons (Fsp3) is 0.875. The molecule has 1 saturated heterocycles. The van der Waals surface area contributed by atoms with Crippen LogP contribution in [0.4, 0.5) is 0 Å². The summed E-state index contributed by atoms with van der Waals surface area (Å²) in [5.74, 6) is 0.208. The van der Waals surface area contributed by atoms with Gasteiger partial charge in [0.25, 0.3) is 0 Å². The van der Waals surface area contributed by atoms with Gasteiger partial charge in [-0.05, 0) is 12.8 Å². The first-order valence-electron chi connectivity index (χ1n) is 4.12. The quantitative estimate of drug-likeness (QED) is 0.635. The molecule has 1 amide bonds. The molecule has 1 aliphatic rings. The fourth-order valence-electron chi connectivity index (χ4n) is 1.54. The average Bonchev–Trinajstić information content (AvgIpc) is 2.50. The van der Waals surface area contributed by atoms with Crippen LogP contribution in [0.2, 0.25) is 0 Å². The summed E-state index contributed by atoms with van der Waals surface area (Å²) in [6.45, 7) is 2.78. The molecule has 0 aromatic rings. The van der Waals surface area contributed by atoms with E-state index in [4.69, 9.17) is 4.74 Å². The van der Waals surface area contributed by atoms with Gasteiger partial charge in [-0.3, -0.25) is 4.79 Å². The SMILES string of the molecule is CCC1OCCC1C(=O)NC. The summed E-state index contributed by atoms with van der Waals surface area (Å²) in [7, 11) is 1.67. The second-order valence-electron chi connectivity index (χ2n) is 2.83. The lowest BCUT2D eigenvalue weighted by atomic mass is 9.99. The normalized spacial score (nSPS) is 30.4. The Hall–Kier alpha value is -0.570. The third kappa shape index (κ3) is 1.71. The van der Waals surface area contributed by atoms with Gasteiger partial charge in [0.1, 0.15) is 0 Å². The number of rotatable bonds is 2. The molecule has 1 rings (SSSR count). The molecule has 1 heterocycles. The molecule has 1 N–H and O–H groups in total. The summed E-state index contributed by atoms with van der Waals surface area (Å²) in [4.78, 5) is 11.2. The van der Waals surface area contributed by atoms with Crippen LogP contribution in [0.25, 0.3) is 0 Å². The van der Waals surface area contributed by atoms with E-state index in [0.29, 0.717) is 0 Å². The van der Waals surface area contributed by atoms with Crippen LogP contribution >= 0.6 is 0 Å². The zero-order valence-electron chi connectivity index (χ0n) is 7.09. The zero-order chi connectivity index (χ0) is 8.27. The van der Waals surface area contributed by atoms with Crippen LogP contribution < -0.4 is 5.32 Å². The standard InChI is InChI=1S/C8H15NO2/c1-3-7-6(4-5-11-7)8(10)9-2/h6-7H,3-5H2,1-2H3,(H,9,10). The molecule has 0 aromatic heterocycles. The Balaban J connectivity index is 2.49. The van der Waals surface area contributed by atoms with Crippen LogP contribution in [0.1, 0.15) is 19.8 Å². The largest absolute Gasteiger partial charge is 0.377 e. The molecule has 0 spiro atoms. The summed E-state index contributed by atoms with van der Waals surface area (Å²) in [6.07, 6.45) is 1.95. The third-order valence-corrected chi connectivity index (χ3v) is 2.20. The van der Waals surface area contributed by atoms with Gasteiger partial charge in [-0.2, -0.15) is 0 Å². The summed E-state index contributed by atoms with van der Waals surface area (Å²) in [6, 6.07) is 0. The Morgan fingerprint density at radius 3 is 3.00 bits per heavy atom. The zero-order valence-corrected chi connectivity index (χ0v) is 7.09. The van der Waals surface area contributed by atoms with Gasteiger partial charge in [0, 0.05) is 13.7 Å². The van der Waals surface area contributed by atoms with Crippen molar-refractivity contribution in [3.8, 4) is 0 Å². The van der Waals surface area contributed by atoms with E-state index in [1.807, 2.05) is 6.92 Å². The van der Waals surface area contributed by atoms with E-state index in [9.17, 15) is 4.79 Å². The van der Waals surface area contributed by atoms with Crippen molar-refractivity contribution in [2.75, 3.05) is 13.7 Å². The van der Waals surface area contributed by atoms with Crippen LogP contribution in [-0.4, -0.2) is 25.7 Å². The van der Waals surface area contributed by atoms with E-state index in [1.165, 1.54) is 0 Å². The first-order valence-corrected chi connectivity index (χ1v) is 4.12. The second kappa shape index (κ2) is 3.72. The molecule has 0 aliphatic carbocycles. The van der Waals surface area contributed by atoms with E-state index in [0.717, 1.165) is 19.4 Å². The van der Waals surface area contributed by atoms with Gasteiger partial charge < -0.3 is 10.1 Å². The van der Waals surface area contributed by atoms with E-state index < -0.39 is 0 Å². The number of amides is 1. The van der Waals surface area contributed by atoms with Gasteiger partial charge in [-0.15, -0.1) is 0 Å². The van der Waals surface area contributed by atoms with Gasteiger partial charge in [-0.25, -0.2) is 0 Å². The van der Waals surface area contributed by atoms with E-state index in [-0.39, 0.29) is 17.9 Å². The number of hydrogen-bond acceptors (Lipinski definition) is 2. The summed E-state index contributed by atoms with van der Waals surface area (Å²) in [5.41, 5.74) is 0. The molecule has 11 heavy (non-hydrogen) atoms. The van der Waals surface area contributed by atoms with Crippen LogP contribution in [0.5, 0.6) is 0 Å². The number of hydrogen-bond donors (Lipinski definition) is 1. The van der Waals surface area contributed by atoms with E-state index in [2.05, 4.69) is 5.32 Å². The van der Waals surface area contributed by atoms with E-state index >= 15 is 0 Å². The number of carbonyl (C=O) groups is 1. The molecule has 1 fully saturated rings. The van der Waals surface area contributed by atoms with Gasteiger partial charge in [0.15, 0.2) is 0 Å². The van der Waals surface area contributed by atoms with Crippen molar-refractivity contribution >= 4 is 5.91 Å². The van der Waals surface area contributed by atoms with Gasteiger partial charge in [0.05, 0.1) is 12.0 Å². The monoisotopic (exact) mass is 157 g/mol. The maximum atomic E-state index is 11.2. The Kier molecular flexibility index (Phi) is 2.88. The summed E-state index contributed by atoms with van der Waals surface area (Å²) >= 11 is 0. The lowest BCUT2D eigenvalue weighted by molar-refractivity contribution is -0.126. The van der Waals surface area contributed by atoms with Crippen molar-refractivity contribution in [3.63, 3.8) is 0 Å². The summed E-state index contributed by atoms with van der Waals surface area (Å²) < 4.78 is 5.38. The predicted octanol–water partition coefficient (Wildman–Crippen LogP) is 0.547. The Labute approximate surface area is 67.1 Å². The molecule has 2 atom stereocenters. The second-order valence-corrected chi connectivity index (χ2v) is 2.83. The molecule has 0 saturated carbocycles. The minimum absolute atomic E-state index is 0.0880. The Morgan fingerprint density at radius 2 is 2.45 bits per heavy atom. The van der Waals surface area contributed by atoms with Gasteiger partial charge >= 0.3 is 0 Å². The lowest BCUT2D eigenvalue weighted by Gasteiger charge is -2.14. The van der Waals surface area contributed by atoms with Crippen LogP contribution in [0.3, 0.4) is 0 Å². The van der Waals surface area contributed by atoms with Crippen molar-refractivity contribution in [1.82, 2.24) is 5.32 Å². The van der Waals surface area contributed by atoms with Crippen LogP contribution in [0, 0.1) is 5.92 Å².